The SMILES string of the molecule is CCN(C)c1ccccc1NC(=O)N[C@@H]1CCC[C@H]1O. The molecule has 0 unspecified atom stereocenters. The third-order valence-electron chi connectivity index (χ3n) is 3.83. The van der Waals surface area contributed by atoms with Gasteiger partial charge in [-0.25, -0.2) is 4.79 Å². The van der Waals surface area contributed by atoms with E-state index in [4.69, 9.17) is 0 Å². The van der Waals surface area contributed by atoms with Gasteiger partial charge in [0.15, 0.2) is 0 Å². The highest BCUT2D eigenvalue weighted by Crippen LogP contribution is 2.24. The summed E-state index contributed by atoms with van der Waals surface area (Å²) in [5.74, 6) is 0. The number of carbonyl (C=O) groups excluding carboxylic acids is 1. The molecule has 3 N–H and O–H groups in total. The van der Waals surface area contributed by atoms with Crippen molar-refractivity contribution in [1.82, 2.24) is 5.32 Å². The lowest BCUT2D eigenvalue weighted by molar-refractivity contribution is 0.151. The maximum atomic E-state index is 12.0. The van der Waals surface area contributed by atoms with Crippen LogP contribution < -0.4 is 15.5 Å². The van der Waals surface area contributed by atoms with E-state index in [1.807, 2.05) is 31.3 Å². The minimum absolute atomic E-state index is 0.133. The second kappa shape index (κ2) is 6.61. The third-order valence-corrected chi connectivity index (χ3v) is 3.83. The maximum Gasteiger partial charge on any atom is 0.319 e. The minimum Gasteiger partial charge on any atom is -0.391 e. The monoisotopic (exact) mass is 277 g/mol. The molecule has 1 saturated carbocycles. The number of anilines is 2. The highest BCUT2D eigenvalue weighted by molar-refractivity contribution is 5.93. The van der Waals surface area contributed by atoms with Crippen LogP contribution in [0.4, 0.5) is 16.2 Å². The fraction of sp³-hybridized carbons (Fsp3) is 0.533. The quantitative estimate of drug-likeness (QED) is 0.790. The number of hydrogen-bond acceptors (Lipinski definition) is 3. The molecule has 1 fully saturated rings. The molecule has 0 saturated heterocycles. The summed E-state index contributed by atoms with van der Waals surface area (Å²) in [5.41, 5.74) is 1.76. The van der Waals surface area contributed by atoms with Gasteiger partial charge in [0.25, 0.3) is 0 Å². The summed E-state index contributed by atoms with van der Waals surface area (Å²) >= 11 is 0. The van der Waals surface area contributed by atoms with Crippen LogP contribution in [0.2, 0.25) is 0 Å². The van der Waals surface area contributed by atoms with E-state index in [9.17, 15) is 9.90 Å². The Kier molecular flexibility index (Phi) is 4.84. The highest BCUT2D eigenvalue weighted by atomic mass is 16.3. The van der Waals surface area contributed by atoms with Crippen molar-refractivity contribution >= 4 is 17.4 Å². The molecule has 0 aliphatic heterocycles. The van der Waals surface area contributed by atoms with Gasteiger partial charge in [-0.2, -0.15) is 0 Å². The fourth-order valence-corrected chi connectivity index (χ4v) is 2.52. The lowest BCUT2D eigenvalue weighted by atomic mass is 10.2. The van der Waals surface area contributed by atoms with E-state index in [1.165, 1.54) is 0 Å². The zero-order chi connectivity index (χ0) is 14.5. The van der Waals surface area contributed by atoms with Crippen molar-refractivity contribution in [2.45, 2.75) is 38.3 Å². The molecule has 20 heavy (non-hydrogen) atoms. The number of nitrogens with zero attached hydrogens (tertiary/aromatic N) is 1. The standard InChI is InChI=1S/C15H23N3O2/c1-3-18(2)13-9-5-4-7-11(13)16-15(20)17-12-8-6-10-14(12)19/h4-5,7,9,12,14,19H,3,6,8,10H2,1-2H3,(H2,16,17,20)/t12-,14-/m1/s1. The van der Waals surface area contributed by atoms with Crippen molar-refractivity contribution in [2.75, 3.05) is 23.8 Å². The van der Waals surface area contributed by atoms with Crippen LogP contribution >= 0.6 is 0 Å². The number of para-hydroxylation sites is 2. The van der Waals surface area contributed by atoms with Gasteiger partial charge in [-0.1, -0.05) is 12.1 Å². The third kappa shape index (κ3) is 3.42. The predicted octanol–water partition coefficient (Wildman–Crippen LogP) is 2.18. The van der Waals surface area contributed by atoms with Crippen molar-refractivity contribution in [3.05, 3.63) is 24.3 Å². The van der Waals surface area contributed by atoms with E-state index < -0.39 is 6.10 Å². The van der Waals surface area contributed by atoms with Gasteiger partial charge in [-0.05, 0) is 38.3 Å². The first kappa shape index (κ1) is 14.7. The first-order chi connectivity index (χ1) is 9.61. The molecule has 110 valence electrons. The summed E-state index contributed by atoms with van der Waals surface area (Å²) < 4.78 is 0. The molecule has 1 aliphatic carbocycles. The number of carbonyl (C=O) groups is 1. The predicted molar refractivity (Wildman–Crippen MR) is 81.2 cm³/mol. The zero-order valence-corrected chi connectivity index (χ0v) is 12.1. The van der Waals surface area contributed by atoms with Crippen LogP contribution in [0.3, 0.4) is 0 Å². The van der Waals surface area contributed by atoms with Gasteiger partial charge in [-0.3, -0.25) is 0 Å². The van der Waals surface area contributed by atoms with Crippen LogP contribution in [0.1, 0.15) is 26.2 Å². The molecule has 0 aromatic heterocycles. The van der Waals surface area contributed by atoms with E-state index in [0.29, 0.717) is 0 Å². The molecule has 0 radical (unpaired) electrons. The van der Waals surface area contributed by atoms with Gasteiger partial charge in [0.05, 0.1) is 23.5 Å². The number of amides is 2. The second-order valence-corrected chi connectivity index (χ2v) is 5.23. The first-order valence-electron chi connectivity index (χ1n) is 7.17. The molecule has 0 heterocycles. The van der Waals surface area contributed by atoms with Crippen molar-refractivity contribution in [3.63, 3.8) is 0 Å². The summed E-state index contributed by atoms with van der Waals surface area (Å²) in [7, 11) is 1.99. The lowest BCUT2D eigenvalue weighted by Crippen LogP contribution is -2.42. The Morgan fingerprint density at radius 1 is 1.40 bits per heavy atom. The molecule has 5 nitrogen and oxygen atoms in total. The normalized spacial score (nSPS) is 21.6. The molecule has 2 atom stereocenters. The van der Waals surface area contributed by atoms with Gasteiger partial charge in [-0.15, -0.1) is 0 Å². The van der Waals surface area contributed by atoms with E-state index in [-0.39, 0.29) is 12.1 Å². The van der Waals surface area contributed by atoms with E-state index >= 15 is 0 Å². The molecular weight excluding hydrogens is 254 g/mol. The maximum absolute atomic E-state index is 12.0. The summed E-state index contributed by atoms with van der Waals surface area (Å²) in [6, 6.07) is 7.31. The van der Waals surface area contributed by atoms with Crippen molar-refractivity contribution in [1.29, 1.82) is 0 Å². The smallest absolute Gasteiger partial charge is 0.319 e. The van der Waals surface area contributed by atoms with Crippen LogP contribution in [0.5, 0.6) is 0 Å². The Balaban J connectivity index is 2.00. The summed E-state index contributed by atoms with van der Waals surface area (Å²) in [4.78, 5) is 14.1. The van der Waals surface area contributed by atoms with E-state index in [2.05, 4.69) is 22.5 Å². The Labute approximate surface area is 120 Å². The Morgan fingerprint density at radius 3 is 2.80 bits per heavy atom. The molecule has 5 heteroatoms. The first-order valence-corrected chi connectivity index (χ1v) is 7.17. The number of benzene rings is 1. The summed E-state index contributed by atoms with van der Waals surface area (Å²) in [6.07, 6.45) is 2.14. The van der Waals surface area contributed by atoms with Crippen LogP contribution in [0.25, 0.3) is 0 Å². The summed E-state index contributed by atoms with van der Waals surface area (Å²) in [5, 5.41) is 15.4. The minimum atomic E-state index is -0.422. The molecule has 0 spiro atoms. The lowest BCUT2D eigenvalue weighted by Gasteiger charge is -2.22. The summed E-state index contributed by atoms with van der Waals surface area (Å²) in [6.45, 7) is 2.92. The van der Waals surface area contributed by atoms with Crippen LogP contribution in [0, 0.1) is 0 Å². The topological polar surface area (TPSA) is 64.6 Å². The van der Waals surface area contributed by atoms with E-state index in [1.54, 1.807) is 0 Å². The number of urea groups is 1. The zero-order valence-electron chi connectivity index (χ0n) is 12.1. The Hall–Kier alpha value is -1.75. The Bertz CT molecular complexity index is 464. The number of hydrogen-bond donors (Lipinski definition) is 3. The number of aliphatic hydroxyl groups excluding tert-OH is 1. The number of nitrogens with one attached hydrogen (secondary N) is 2. The van der Waals surface area contributed by atoms with Crippen molar-refractivity contribution in [2.24, 2.45) is 0 Å². The Morgan fingerprint density at radius 2 is 2.15 bits per heavy atom. The van der Waals surface area contributed by atoms with Crippen molar-refractivity contribution in [3.8, 4) is 0 Å². The fourth-order valence-electron chi connectivity index (χ4n) is 2.52. The van der Waals surface area contributed by atoms with Crippen LogP contribution in [-0.2, 0) is 0 Å². The molecule has 2 rings (SSSR count). The van der Waals surface area contributed by atoms with Gasteiger partial charge in [0.2, 0.25) is 0 Å². The number of rotatable bonds is 4. The molecule has 2 amide bonds. The highest BCUT2D eigenvalue weighted by Gasteiger charge is 2.26. The largest absolute Gasteiger partial charge is 0.391 e. The van der Waals surface area contributed by atoms with Gasteiger partial charge in [0.1, 0.15) is 0 Å². The average molecular weight is 277 g/mol. The molecule has 1 aliphatic rings. The second-order valence-electron chi connectivity index (χ2n) is 5.23. The number of aliphatic hydroxyl groups is 1. The van der Waals surface area contributed by atoms with E-state index in [0.717, 1.165) is 37.2 Å². The molecule has 1 aromatic rings. The van der Waals surface area contributed by atoms with Gasteiger partial charge < -0.3 is 20.6 Å². The molecular formula is C15H23N3O2. The van der Waals surface area contributed by atoms with Crippen LogP contribution in [0.15, 0.2) is 24.3 Å². The van der Waals surface area contributed by atoms with Crippen LogP contribution in [-0.4, -0.2) is 36.9 Å². The van der Waals surface area contributed by atoms with Gasteiger partial charge >= 0.3 is 6.03 Å². The molecule has 0 bridgehead atoms. The molecule has 1 aromatic carbocycles. The van der Waals surface area contributed by atoms with Crippen molar-refractivity contribution < 1.29 is 9.90 Å². The van der Waals surface area contributed by atoms with Gasteiger partial charge in [0, 0.05) is 13.6 Å². The average Bonchev–Trinajstić information content (AvgIpc) is 2.84.